The van der Waals surface area contributed by atoms with E-state index in [9.17, 15) is 0 Å². The molecule has 0 aliphatic carbocycles. The monoisotopic (exact) mass is 178 g/mol. The number of nitrogens with zero attached hydrogens (tertiary/aromatic N) is 2. The van der Waals surface area contributed by atoms with Crippen LogP contribution in [0.3, 0.4) is 0 Å². The Hall–Kier alpha value is -1.31. The molecular weight excluding hydrogens is 160 g/mol. The zero-order valence-electron chi connectivity index (χ0n) is 8.91. The van der Waals surface area contributed by atoms with Gasteiger partial charge < -0.3 is 4.57 Å². The summed E-state index contributed by atoms with van der Waals surface area (Å²) in [6, 6.07) is 5.87. The molecule has 1 aromatic heterocycles. The molecule has 0 amide bonds. The quantitative estimate of drug-likeness (QED) is 0.629. The average Bonchev–Trinajstić information content (AvgIpc) is 2.20. The van der Waals surface area contributed by atoms with E-state index < -0.39 is 0 Å². The maximum atomic E-state index is 4.09. The molecule has 0 unspecified atom stereocenters. The smallest absolute Gasteiger partial charge is 0.131 e. The fourth-order valence-electron chi connectivity index (χ4n) is 0.939. The van der Waals surface area contributed by atoms with Crippen LogP contribution < -0.4 is 5.49 Å². The van der Waals surface area contributed by atoms with Crippen molar-refractivity contribution in [3.8, 4) is 0 Å². The third-order valence-corrected chi connectivity index (χ3v) is 1.48. The number of allylic oxidation sites excluding steroid dienone is 1. The second-order valence-corrected chi connectivity index (χ2v) is 2.39. The molecule has 0 aromatic carbocycles. The van der Waals surface area contributed by atoms with E-state index in [1.807, 2.05) is 49.7 Å². The van der Waals surface area contributed by atoms with Crippen LogP contribution in [0.15, 0.2) is 36.0 Å². The lowest BCUT2D eigenvalue weighted by Crippen LogP contribution is -2.16. The van der Waals surface area contributed by atoms with Crippen LogP contribution in [-0.2, 0) is 0 Å². The highest BCUT2D eigenvalue weighted by atomic mass is 15.0. The summed E-state index contributed by atoms with van der Waals surface area (Å²) in [6.45, 7) is 9.79. The first-order chi connectivity index (χ1) is 6.25. The second-order valence-electron chi connectivity index (χ2n) is 2.39. The molecule has 0 spiro atoms. The Morgan fingerprint density at radius 3 is 2.38 bits per heavy atom. The predicted octanol–water partition coefficient (Wildman–Crippen LogP) is 2.54. The molecule has 2 heteroatoms. The van der Waals surface area contributed by atoms with E-state index >= 15 is 0 Å². The molecule has 0 aliphatic heterocycles. The minimum atomic E-state index is 0.931. The second kappa shape index (κ2) is 6.23. The summed E-state index contributed by atoms with van der Waals surface area (Å²) in [4.78, 5) is 4.09. The molecule has 0 bridgehead atoms. The highest BCUT2D eigenvalue weighted by Gasteiger charge is 1.88. The molecule has 72 valence electrons. The normalized spacial score (nSPS) is 10.3. The summed E-state index contributed by atoms with van der Waals surface area (Å²) < 4.78 is 1.94. The average molecular weight is 178 g/mol. The summed E-state index contributed by atoms with van der Waals surface area (Å²) in [7, 11) is 1.77. The number of rotatable bonds is 1. The van der Waals surface area contributed by atoms with Crippen LogP contribution in [0, 0.1) is 0 Å². The molecule has 0 atom stereocenters. The van der Waals surface area contributed by atoms with Gasteiger partial charge in [-0.05, 0) is 19.1 Å². The fourth-order valence-corrected chi connectivity index (χ4v) is 0.939. The van der Waals surface area contributed by atoms with Gasteiger partial charge >= 0.3 is 0 Å². The predicted molar refractivity (Wildman–Crippen MR) is 58.3 cm³/mol. The van der Waals surface area contributed by atoms with Crippen molar-refractivity contribution in [2.24, 2.45) is 4.99 Å². The summed E-state index contributed by atoms with van der Waals surface area (Å²) in [6.07, 6.45) is 1.95. The van der Waals surface area contributed by atoms with Gasteiger partial charge in [-0.3, -0.25) is 4.99 Å². The molecule has 1 aromatic rings. The fraction of sp³-hybridized carbons (Fsp3) is 0.364. The molecule has 0 saturated carbocycles. The maximum Gasteiger partial charge on any atom is 0.131 e. The van der Waals surface area contributed by atoms with Crippen LogP contribution in [0.1, 0.15) is 20.8 Å². The maximum absolute atomic E-state index is 4.09. The van der Waals surface area contributed by atoms with Gasteiger partial charge in [-0.1, -0.05) is 26.5 Å². The van der Waals surface area contributed by atoms with Crippen molar-refractivity contribution in [3.05, 3.63) is 36.5 Å². The van der Waals surface area contributed by atoms with Crippen LogP contribution in [0.2, 0.25) is 0 Å². The van der Waals surface area contributed by atoms with Crippen molar-refractivity contribution in [1.29, 1.82) is 0 Å². The number of hydrogen-bond acceptors (Lipinski definition) is 1. The van der Waals surface area contributed by atoms with E-state index in [1.54, 1.807) is 7.05 Å². The van der Waals surface area contributed by atoms with Gasteiger partial charge in [-0.2, -0.15) is 0 Å². The van der Waals surface area contributed by atoms with Crippen LogP contribution >= 0.6 is 0 Å². The topological polar surface area (TPSA) is 17.3 Å². The van der Waals surface area contributed by atoms with Crippen molar-refractivity contribution in [2.45, 2.75) is 20.8 Å². The summed E-state index contributed by atoms with van der Waals surface area (Å²) >= 11 is 0. The summed E-state index contributed by atoms with van der Waals surface area (Å²) in [5, 5.41) is 0. The highest BCUT2D eigenvalue weighted by molar-refractivity contribution is 5.37. The molecule has 0 saturated heterocycles. The molecule has 1 rings (SSSR count). The third-order valence-electron chi connectivity index (χ3n) is 1.48. The minimum Gasteiger partial charge on any atom is -0.307 e. The van der Waals surface area contributed by atoms with E-state index in [0.717, 1.165) is 11.2 Å². The molecule has 13 heavy (non-hydrogen) atoms. The van der Waals surface area contributed by atoms with Crippen molar-refractivity contribution < 1.29 is 0 Å². The van der Waals surface area contributed by atoms with E-state index in [0.29, 0.717) is 0 Å². The van der Waals surface area contributed by atoms with Crippen LogP contribution in [0.4, 0.5) is 0 Å². The lowest BCUT2D eigenvalue weighted by atomic mass is 10.4. The molecule has 0 fully saturated rings. The van der Waals surface area contributed by atoms with Crippen molar-refractivity contribution in [3.63, 3.8) is 0 Å². The number of aromatic nitrogens is 1. The lowest BCUT2D eigenvalue weighted by molar-refractivity contribution is 0.956. The molecule has 0 N–H and O–H groups in total. The van der Waals surface area contributed by atoms with Crippen molar-refractivity contribution in [1.82, 2.24) is 4.57 Å². The Morgan fingerprint density at radius 2 is 2.00 bits per heavy atom. The van der Waals surface area contributed by atoms with Gasteiger partial charge in [-0.15, -0.1) is 0 Å². The molecule has 0 aliphatic rings. The molecule has 2 nitrogen and oxygen atoms in total. The SMILES string of the molecule is C=C(C)n1ccccc1=NC.CC. The van der Waals surface area contributed by atoms with Gasteiger partial charge in [0.05, 0.1) is 0 Å². The summed E-state index contributed by atoms with van der Waals surface area (Å²) in [5.74, 6) is 0. The van der Waals surface area contributed by atoms with Gasteiger partial charge in [0.2, 0.25) is 0 Å². The highest BCUT2D eigenvalue weighted by Crippen LogP contribution is 1.92. The molecule has 1 heterocycles. The molecule has 0 radical (unpaired) electrons. The first kappa shape index (κ1) is 11.7. The lowest BCUT2D eigenvalue weighted by Gasteiger charge is -2.03. The Kier molecular flexibility index (Phi) is 5.60. The Bertz CT molecular complexity index is 321. The van der Waals surface area contributed by atoms with Crippen molar-refractivity contribution >= 4 is 5.70 Å². The Labute approximate surface area is 80.3 Å². The van der Waals surface area contributed by atoms with E-state index in [1.165, 1.54) is 0 Å². The zero-order chi connectivity index (χ0) is 10.3. The number of pyridine rings is 1. The summed E-state index contributed by atoms with van der Waals surface area (Å²) in [5.41, 5.74) is 1.91. The zero-order valence-corrected chi connectivity index (χ0v) is 8.91. The Balaban J connectivity index is 0.000000671. The largest absolute Gasteiger partial charge is 0.307 e. The van der Waals surface area contributed by atoms with Gasteiger partial charge in [-0.25, -0.2) is 0 Å². The van der Waals surface area contributed by atoms with Gasteiger partial charge in [0.15, 0.2) is 0 Å². The van der Waals surface area contributed by atoms with Gasteiger partial charge in [0.1, 0.15) is 5.49 Å². The first-order valence-electron chi connectivity index (χ1n) is 4.52. The van der Waals surface area contributed by atoms with Gasteiger partial charge in [0.25, 0.3) is 0 Å². The van der Waals surface area contributed by atoms with Crippen LogP contribution in [0.25, 0.3) is 5.70 Å². The first-order valence-corrected chi connectivity index (χ1v) is 4.52. The standard InChI is InChI=1S/C9H12N2.C2H6/c1-8(2)11-7-5-4-6-9(11)10-3;1-2/h4-7H,1H2,2-3H3;1-2H3. The number of hydrogen-bond donors (Lipinski definition) is 0. The van der Waals surface area contributed by atoms with Crippen LogP contribution in [-0.4, -0.2) is 11.6 Å². The third kappa shape index (κ3) is 3.28. The van der Waals surface area contributed by atoms with Crippen LogP contribution in [0.5, 0.6) is 0 Å². The van der Waals surface area contributed by atoms with Crippen molar-refractivity contribution in [2.75, 3.05) is 7.05 Å². The molecular formula is C11H18N2. The van der Waals surface area contributed by atoms with E-state index in [2.05, 4.69) is 11.6 Å². The van der Waals surface area contributed by atoms with Gasteiger partial charge in [0, 0.05) is 18.9 Å². The van der Waals surface area contributed by atoms with E-state index in [4.69, 9.17) is 0 Å². The minimum absolute atomic E-state index is 0.931. The van der Waals surface area contributed by atoms with E-state index in [-0.39, 0.29) is 0 Å². The Morgan fingerprint density at radius 1 is 1.38 bits per heavy atom.